The highest BCUT2D eigenvalue weighted by Gasteiger charge is 2.21. The van der Waals surface area contributed by atoms with Crippen LogP contribution in [-0.4, -0.2) is 15.9 Å². The molecule has 24 heavy (non-hydrogen) atoms. The van der Waals surface area contributed by atoms with E-state index < -0.39 is 11.7 Å². The van der Waals surface area contributed by atoms with Crippen molar-refractivity contribution in [2.75, 3.05) is 0 Å². The Balaban J connectivity index is 2.43. The first-order chi connectivity index (χ1) is 11.4. The lowest BCUT2D eigenvalue weighted by atomic mass is 9.94. The van der Waals surface area contributed by atoms with Crippen molar-refractivity contribution < 1.29 is 9.18 Å². The lowest BCUT2D eigenvalue weighted by Crippen LogP contribution is -2.14. The number of nitrogens with one attached hydrogen (secondary N) is 1. The van der Waals surface area contributed by atoms with Crippen LogP contribution in [0.15, 0.2) is 31.0 Å². The van der Waals surface area contributed by atoms with Gasteiger partial charge in [0.15, 0.2) is 0 Å². The minimum atomic E-state index is -0.499. The van der Waals surface area contributed by atoms with Gasteiger partial charge in [-0.05, 0) is 43.2 Å². The molecule has 0 spiro atoms. The fourth-order valence-corrected chi connectivity index (χ4v) is 3.07. The van der Waals surface area contributed by atoms with E-state index in [2.05, 4.69) is 16.5 Å². The number of aromatic nitrogens is 2. The van der Waals surface area contributed by atoms with Gasteiger partial charge in [-0.3, -0.25) is 9.78 Å². The quantitative estimate of drug-likeness (QED) is 0.769. The van der Waals surface area contributed by atoms with E-state index in [4.69, 9.17) is 5.73 Å². The van der Waals surface area contributed by atoms with Crippen molar-refractivity contribution in [3.05, 3.63) is 59.3 Å². The number of hydrogen-bond donors (Lipinski definition) is 2. The fourth-order valence-electron chi connectivity index (χ4n) is 3.07. The first-order valence-corrected chi connectivity index (χ1v) is 7.60. The minimum Gasteiger partial charge on any atom is -0.369 e. The topological polar surface area (TPSA) is 71.8 Å². The van der Waals surface area contributed by atoms with Crippen molar-refractivity contribution in [3.63, 3.8) is 0 Å². The molecule has 122 valence electrons. The van der Waals surface area contributed by atoms with Crippen LogP contribution in [0, 0.1) is 19.7 Å². The third kappa shape index (κ3) is 2.48. The second-order valence-electron chi connectivity index (χ2n) is 5.80. The van der Waals surface area contributed by atoms with E-state index in [9.17, 15) is 9.18 Å². The molecule has 0 atom stereocenters. The van der Waals surface area contributed by atoms with Crippen LogP contribution in [0.1, 0.15) is 22.5 Å². The SMILES string of the molecule is C=Cc1ncccc1-c1c(F)cc(CC(N)=O)c2[nH]c(C)c(C)c12. The largest absolute Gasteiger partial charge is 0.369 e. The number of pyridine rings is 1. The van der Waals surface area contributed by atoms with E-state index in [0.29, 0.717) is 22.4 Å². The van der Waals surface area contributed by atoms with Crippen LogP contribution in [0.2, 0.25) is 0 Å². The molecule has 3 aromatic rings. The summed E-state index contributed by atoms with van der Waals surface area (Å²) in [6.07, 6.45) is 3.23. The Kier molecular flexibility index (Phi) is 3.93. The number of H-pyrrole nitrogens is 1. The molecule has 0 bridgehead atoms. The average Bonchev–Trinajstić information content (AvgIpc) is 2.83. The summed E-state index contributed by atoms with van der Waals surface area (Å²) < 4.78 is 15.0. The Morgan fingerprint density at radius 1 is 1.46 bits per heavy atom. The van der Waals surface area contributed by atoms with E-state index >= 15 is 0 Å². The Bertz CT molecular complexity index is 972. The number of benzene rings is 1. The van der Waals surface area contributed by atoms with E-state index in [-0.39, 0.29) is 6.42 Å². The first kappa shape index (κ1) is 15.9. The standard InChI is InChI=1S/C19H18FN3O/c1-4-15-13(6-5-7-22-15)18-14(20)8-12(9-16(21)24)19-17(18)10(2)11(3)23-19/h4-8,23H,1,9H2,2-3H3,(H2,21,24). The molecule has 4 nitrogen and oxygen atoms in total. The molecular weight excluding hydrogens is 305 g/mol. The van der Waals surface area contributed by atoms with Crippen molar-refractivity contribution in [2.24, 2.45) is 5.73 Å². The average molecular weight is 323 g/mol. The number of amides is 1. The molecular formula is C19H18FN3O. The summed E-state index contributed by atoms with van der Waals surface area (Å²) >= 11 is 0. The molecule has 0 fully saturated rings. The molecule has 0 saturated heterocycles. The van der Waals surface area contributed by atoms with Gasteiger partial charge in [-0.25, -0.2) is 4.39 Å². The highest BCUT2D eigenvalue weighted by molar-refractivity contribution is 6.02. The summed E-state index contributed by atoms with van der Waals surface area (Å²) in [6, 6.07) is 4.95. The Labute approximate surface area is 139 Å². The Morgan fingerprint density at radius 3 is 2.88 bits per heavy atom. The van der Waals surface area contributed by atoms with Crippen LogP contribution < -0.4 is 5.73 Å². The molecule has 3 rings (SSSR count). The molecule has 3 N–H and O–H groups in total. The lowest BCUT2D eigenvalue weighted by Gasteiger charge is -2.12. The van der Waals surface area contributed by atoms with Gasteiger partial charge in [-0.1, -0.05) is 12.6 Å². The van der Waals surface area contributed by atoms with Gasteiger partial charge in [0.05, 0.1) is 17.6 Å². The zero-order valence-corrected chi connectivity index (χ0v) is 13.6. The van der Waals surface area contributed by atoms with Gasteiger partial charge < -0.3 is 10.7 Å². The van der Waals surface area contributed by atoms with Crippen molar-refractivity contribution >= 4 is 22.9 Å². The van der Waals surface area contributed by atoms with Gasteiger partial charge in [0, 0.05) is 28.4 Å². The molecule has 1 aromatic carbocycles. The van der Waals surface area contributed by atoms with Crippen LogP contribution >= 0.6 is 0 Å². The van der Waals surface area contributed by atoms with Gasteiger partial charge >= 0.3 is 0 Å². The van der Waals surface area contributed by atoms with Crippen molar-refractivity contribution in [2.45, 2.75) is 20.3 Å². The Hall–Kier alpha value is -2.95. The number of aromatic amines is 1. The fraction of sp³-hybridized carbons (Fsp3) is 0.158. The molecule has 2 aromatic heterocycles. The van der Waals surface area contributed by atoms with E-state index in [1.54, 1.807) is 18.3 Å². The van der Waals surface area contributed by atoms with E-state index in [1.165, 1.54) is 6.07 Å². The molecule has 5 heteroatoms. The second-order valence-corrected chi connectivity index (χ2v) is 5.80. The number of aryl methyl sites for hydroxylation is 2. The number of carbonyl (C=O) groups excluding carboxylic acids is 1. The zero-order chi connectivity index (χ0) is 17.4. The summed E-state index contributed by atoms with van der Waals surface area (Å²) in [7, 11) is 0. The molecule has 0 radical (unpaired) electrons. The van der Waals surface area contributed by atoms with Gasteiger partial charge in [-0.15, -0.1) is 0 Å². The van der Waals surface area contributed by atoms with Gasteiger partial charge in [0.2, 0.25) is 5.91 Å². The maximum atomic E-state index is 15.0. The molecule has 0 aliphatic carbocycles. The van der Waals surface area contributed by atoms with Crippen LogP contribution in [0.3, 0.4) is 0 Å². The highest BCUT2D eigenvalue weighted by atomic mass is 19.1. The summed E-state index contributed by atoms with van der Waals surface area (Å²) in [5, 5.41) is 0.750. The van der Waals surface area contributed by atoms with E-state index in [1.807, 2.05) is 19.9 Å². The molecule has 0 aliphatic heterocycles. The monoisotopic (exact) mass is 323 g/mol. The Morgan fingerprint density at radius 2 is 2.21 bits per heavy atom. The van der Waals surface area contributed by atoms with Crippen molar-refractivity contribution in [1.29, 1.82) is 0 Å². The number of nitrogens with zero attached hydrogens (tertiary/aromatic N) is 1. The van der Waals surface area contributed by atoms with Crippen LogP contribution in [0.25, 0.3) is 28.1 Å². The lowest BCUT2D eigenvalue weighted by molar-refractivity contribution is -0.117. The van der Waals surface area contributed by atoms with Crippen LogP contribution in [0.5, 0.6) is 0 Å². The summed E-state index contributed by atoms with van der Waals surface area (Å²) in [4.78, 5) is 18.8. The van der Waals surface area contributed by atoms with Gasteiger partial charge in [-0.2, -0.15) is 0 Å². The first-order valence-electron chi connectivity index (χ1n) is 7.60. The zero-order valence-electron chi connectivity index (χ0n) is 13.6. The predicted octanol–water partition coefficient (Wildman–Crippen LogP) is 3.66. The number of hydrogen-bond acceptors (Lipinski definition) is 2. The number of primary amides is 1. The molecule has 2 heterocycles. The van der Waals surface area contributed by atoms with Crippen LogP contribution in [-0.2, 0) is 11.2 Å². The van der Waals surface area contributed by atoms with Crippen molar-refractivity contribution in [3.8, 4) is 11.1 Å². The normalized spacial score (nSPS) is 11.0. The number of halogens is 1. The summed E-state index contributed by atoms with van der Waals surface area (Å²) in [5.41, 5.74) is 10.2. The number of fused-ring (bicyclic) bond motifs is 1. The third-order valence-electron chi connectivity index (χ3n) is 4.28. The smallest absolute Gasteiger partial charge is 0.221 e. The summed E-state index contributed by atoms with van der Waals surface area (Å²) in [5.74, 6) is -0.904. The highest BCUT2D eigenvalue weighted by Crippen LogP contribution is 2.38. The number of rotatable bonds is 4. The second kappa shape index (κ2) is 5.92. The van der Waals surface area contributed by atoms with Crippen LogP contribution in [0.4, 0.5) is 4.39 Å². The van der Waals surface area contributed by atoms with Crippen molar-refractivity contribution in [1.82, 2.24) is 9.97 Å². The predicted molar refractivity (Wildman–Crippen MR) is 94.0 cm³/mol. The molecule has 1 amide bonds. The molecule has 0 aliphatic rings. The van der Waals surface area contributed by atoms with Gasteiger partial charge in [0.25, 0.3) is 0 Å². The van der Waals surface area contributed by atoms with E-state index in [0.717, 1.165) is 22.2 Å². The maximum absolute atomic E-state index is 15.0. The molecule has 0 saturated carbocycles. The third-order valence-corrected chi connectivity index (χ3v) is 4.28. The number of carbonyl (C=O) groups is 1. The van der Waals surface area contributed by atoms with Gasteiger partial charge in [0.1, 0.15) is 5.82 Å². The molecule has 0 unspecified atom stereocenters. The minimum absolute atomic E-state index is 0.0194. The number of nitrogens with two attached hydrogens (primary N) is 1. The maximum Gasteiger partial charge on any atom is 0.221 e. The summed E-state index contributed by atoms with van der Waals surface area (Å²) in [6.45, 7) is 7.60.